The van der Waals surface area contributed by atoms with E-state index in [0.717, 1.165) is 30.2 Å². The number of pyridine rings is 1. The minimum Gasteiger partial charge on any atom is -0.389 e. The molecular formula is C15H22N4S. The smallest absolute Gasteiger partial charge is 0.139 e. The largest absolute Gasteiger partial charge is 0.389 e. The molecule has 0 spiro atoms. The van der Waals surface area contributed by atoms with Gasteiger partial charge in [0.2, 0.25) is 0 Å². The zero-order valence-corrected chi connectivity index (χ0v) is 12.8. The second-order valence-corrected chi connectivity index (χ2v) is 6.26. The summed E-state index contributed by atoms with van der Waals surface area (Å²) in [4.78, 5) is 10.2. The highest BCUT2D eigenvalue weighted by Gasteiger charge is 2.30. The van der Waals surface area contributed by atoms with Crippen molar-refractivity contribution in [1.29, 1.82) is 0 Å². The van der Waals surface area contributed by atoms with Gasteiger partial charge < -0.3 is 10.6 Å². The highest BCUT2D eigenvalue weighted by molar-refractivity contribution is 7.80. The molecule has 0 amide bonds. The molecule has 0 saturated carbocycles. The molecule has 1 aromatic heterocycles. The standard InChI is InChI=1S/C15H22N4S/c1-11-5-6-13(14(16)20)15(17-11)19-9-3-8-18-7-2-4-12(18)10-19/h5-6,12H,2-4,7-10H2,1H3,(H2,16,20). The van der Waals surface area contributed by atoms with Crippen LogP contribution in [0.2, 0.25) is 0 Å². The van der Waals surface area contributed by atoms with E-state index in [9.17, 15) is 0 Å². The number of fused-ring (bicyclic) bond motifs is 1. The Morgan fingerprint density at radius 1 is 1.30 bits per heavy atom. The first-order chi connectivity index (χ1) is 9.65. The van der Waals surface area contributed by atoms with Gasteiger partial charge in [-0.2, -0.15) is 0 Å². The molecule has 2 aliphatic heterocycles. The summed E-state index contributed by atoms with van der Waals surface area (Å²) in [6, 6.07) is 4.66. The number of aryl methyl sites for hydroxylation is 1. The second-order valence-electron chi connectivity index (χ2n) is 5.82. The maximum atomic E-state index is 5.87. The third-order valence-electron chi connectivity index (χ3n) is 4.38. The fraction of sp³-hybridized carbons (Fsp3) is 0.600. The normalized spacial score (nSPS) is 23.4. The van der Waals surface area contributed by atoms with Gasteiger partial charge in [-0.25, -0.2) is 4.98 Å². The zero-order chi connectivity index (χ0) is 14.1. The van der Waals surface area contributed by atoms with Gasteiger partial charge in [0, 0.05) is 31.4 Å². The molecule has 5 heteroatoms. The fourth-order valence-electron chi connectivity index (χ4n) is 3.38. The Labute approximate surface area is 126 Å². The van der Waals surface area contributed by atoms with E-state index in [4.69, 9.17) is 22.9 Å². The van der Waals surface area contributed by atoms with Crippen molar-refractivity contribution in [2.24, 2.45) is 5.73 Å². The lowest BCUT2D eigenvalue weighted by Gasteiger charge is -2.28. The maximum Gasteiger partial charge on any atom is 0.139 e. The van der Waals surface area contributed by atoms with Gasteiger partial charge in [-0.15, -0.1) is 0 Å². The molecule has 0 bridgehead atoms. The highest BCUT2D eigenvalue weighted by Crippen LogP contribution is 2.26. The minimum absolute atomic E-state index is 0.444. The Bertz CT molecular complexity index is 517. The van der Waals surface area contributed by atoms with Crippen LogP contribution in [0.5, 0.6) is 0 Å². The Balaban J connectivity index is 1.91. The van der Waals surface area contributed by atoms with E-state index in [-0.39, 0.29) is 0 Å². The van der Waals surface area contributed by atoms with Crippen LogP contribution < -0.4 is 10.6 Å². The summed E-state index contributed by atoms with van der Waals surface area (Å²) in [6.45, 7) is 6.56. The van der Waals surface area contributed by atoms with Crippen LogP contribution in [0.25, 0.3) is 0 Å². The zero-order valence-electron chi connectivity index (χ0n) is 12.0. The van der Waals surface area contributed by atoms with Gasteiger partial charge in [0.15, 0.2) is 0 Å². The molecule has 2 fully saturated rings. The van der Waals surface area contributed by atoms with Crippen LogP contribution in [0.1, 0.15) is 30.5 Å². The van der Waals surface area contributed by atoms with E-state index in [2.05, 4.69) is 9.80 Å². The van der Waals surface area contributed by atoms with Crippen LogP contribution in [0.3, 0.4) is 0 Å². The predicted molar refractivity (Wildman–Crippen MR) is 86.3 cm³/mol. The first kappa shape index (κ1) is 13.8. The number of aromatic nitrogens is 1. The molecule has 1 aromatic rings. The van der Waals surface area contributed by atoms with Gasteiger partial charge in [-0.3, -0.25) is 4.90 Å². The average molecular weight is 290 g/mol. The van der Waals surface area contributed by atoms with E-state index in [0.29, 0.717) is 11.0 Å². The number of hydrogen-bond donors (Lipinski definition) is 1. The third-order valence-corrected chi connectivity index (χ3v) is 4.60. The van der Waals surface area contributed by atoms with E-state index < -0.39 is 0 Å². The summed E-state index contributed by atoms with van der Waals surface area (Å²) in [5.74, 6) is 0.978. The lowest BCUT2D eigenvalue weighted by atomic mass is 10.1. The lowest BCUT2D eigenvalue weighted by molar-refractivity contribution is 0.273. The van der Waals surface area contributed by atoms with E-state index in [1.54, 1.807) is 0 Å². The quantitative estimate of drug-likeness (QED) is 0.840. The molecule has 1 atom stereocenters. The van der Waals surface area contributed by atoms with Crippen LogP contribution in [0.15, 0.2) is 12.1 Å². The summed E-state index contributed by atoms with van der Waals surface area (Å²) in [5, 5.41) is 0. The minimum atomic E-state index is 0.444. The first-order valence-corrected chi connectivity index (χ1v) is 7.82. The van der Waals surface area contributed by atoms with Crippen LogP contribution in [-0.2, 0) is 0 Å². The lowest BCUT2D eigenvalue weighted by Crippen LogP contribution is -2.37. The van der Waals surface area contributed by atoms with Gasteiger partial charge in [-0.05, 0) is 44.9 Å². The van der Waals surface area contributed by atoms with Gasteiger partial charge >= 0.3 is 0 Å². The number of nitrogens with zero attached hydrogens (tertiary/aromatic N) is 3. The molecule has 4 nitrogen and oxygen atoms in total. The number of nitrogens with two attached hydrogens (primary N) is 1. The van der Waals surface area contributed by atoms with Crippen LogP contribution in [0.4, 0.5) is 5.82 Å². The molecule has 2 N–H and O–H groups in total. The van der Waals surface area contributed by atoms with E-state index >= 15 is 0 Å². The Hall–Kier alpha value is -1.20. The second kappa shape index (κ2) is 5.66. The molecule has 0 aliphatic carbocycles. The Kier molecular flexibility index (Phi) is 3.89. The predicted octanol–water partition coefficient (Wildman–Crippen LogP) is 1.70. The van der Waals surface area contributed by atoms with E-state index in [1.165, 1.54) is 32.4 Å². The fourth-order valence-corrected chi connectivity index (χ4v) is 3.53. The monoisotopic (exact) mass is 290 g/mol. The number of anilines is 1. The molecule has 1 unspecified atom stereocenters. The summed E-state index contributed by atoms with van der Waals surface area (Å²) in [5.41, 5.74) is 7.81. The van der Waals surface area contributed by atoms with Crippen molar-refractivity contribution in [1.82, 2.24) is 9.88 Å². The van der Waals surface area contributed by atoms with Crippen molar-refractivity contribution in [3.05, 3.63) is 23.4 Å². The van der Waals surface area contributed by atoms with Crippen molar-refractivity contribution in [2.75, 3.05) is 31.1 Å². The SMILES string of the molecule is Cc1ccc(C(N)=S)c(N2CCCN3CCCC3C2)n1. The molecule has 3 rings (SSSR count). The summed E-state index contributed by atoms with van der Waals surface area (Å²) >= 11 is 5.19. The number of rotatable bonds is 2. The van der Waals surface area contributed by atoms with Gasteiger partial charge in [0.1, 0.15) is 10.8 Å². The van der Waals surface area contributed by atoms with Crippen molar-refractivity contribution in [3.8, 4) is 0 Å². The third kappa shape index (κ3) is 2.65. The average Bonchev–Trinajstić information content (AvgIpc) is 2.75. The van der Waals surface area contributed by atoms with Gasteiger partial charge in [-0.1, -0.05) is 12.2 Å². The first-order valence-electron chi connectivity index (χ1n) is 7.41. The number of thiocarbonyl (C=S) groups is 1. The molecule has 3 heterocycles. The van der Waals surface area contributed by atoms with Crippen LogP contribution >= 0.6 is 12.2 Å². The molecule has 0 aromatic carbocycles. The summed E-state index contributed by atoms with van der Waals surface area (Å²) < 4.78 is 0. The topological polar surface area (TPSA) is 45.4 Å². The summed E-state index contributed by atoms with van der Waals surface area (Å²) in [6.07, 6.45) is 3.80. The molecule has 108 valence electrons. The maximum absolute atomic E-state index is 5.87. The van der Waals surface area contributed by atoms with Crippen LogP contribution in [-0.4, -0.2) is 47.1 Å². The van der Waals surface area contributed by atoms with Crippen molar-refractivity contribution < 1.29 is 0 Å². The molecule has 20 heavy (non-hydrogen) atoms. The van der Waals surface area contributed by atoms with Crippen molar-refractivity contribution >= 4 is 23.0 Å². The van der Waals surface area contributed by atoms with Gasteiger partial charge in [0.05, 0.1) is 5.56 Å². The van der Waals surface area contributed by atoms with E-state index in [1.807, 2.05) is 19.1 Å². The highest BCUT2D eigenvalue weighted by atomic mass is 32.1. The summed E-state index contributed by atoms with van der Waals surface area (Å²) in [7, 11) is 0. The molecule has 2 aliphatic rings. The van der Waals surface area contributed by atoms with Crippen molar-refractivity contribution in [2.45, 2.75) is 32.2 Å². The van der Waals surface area contributed by atoms with Crippen molar-refractivity contribution in [3.63, 3.8) is 0 Å². The Morgan fingerprint density at radius 3 is 2.90 bits per heavy atom. The Morgan fingerprint density at radius 2 is 2.10 bits per heavy atom. The molecule has 0 radical (unpaired) electrons. The molecular weight excluding hydrogens is 268 g/mol. The van der Waals surface area contributed by atoms with Crippen LogP contribution in [0, 0.1) is 6.92 Å². The van der Waals surface area contributed by atoms with Gasteiger partial charge in [0.25, 0.3) is 0 Å². The number of hydrogen-bond acceptors (Lipinski definition) is 4. The molecule has 2 saturated heterocycles.